The van der Waals surface area contributed by atoms with Gasteiger partial charge in [0.25, 0.3) is 0 Å². The van der Waals surface area contributed by atoms with Gasteiger partial charge in [0.15, 0.2) is 0 Å². The number of H-pyrrole nitrogens is 1. The molecular formula is C40H49NO2. The van der Waals surface area contributed by atoms with Gasteiger partial charge in [0.1, 0.15) is 11.5 Å². The molecule has 43 heavy (non-hydrogen) atoms. The second kappa shape index (κ2) is 15.1. The first-order valence-corrected chi connectivity index (χ1v) is 16.6. The van der Waals surface area contributed by atoms with Gasteiger partial charge in [0.2, 0.25) is 0 Å². The number of aromatic amines is 1. The van der Waals surface area contributed by atoms with Crippen LogP contribution in [0.3, 0.4) is 0 Å². The predicted molar refractivity (Wildman–Crippen MR) is 184 cm³/mol. The summed E-state index contributed by atoms with van der Waals surface area (Å²) in [7, 11) is 0. The first-order chi connectivity index (χ1) is 21.1. The number of unbranched alkanes of at least 4 members (excludes halogenated alkanes) is 2. The summed E-state index contributed by atoms with van der Waals surface area (Å²) in [5, 5.41) is 2.49. The Morgan fingerprint density at radius 2 is 0.907 bits per heavy atom. The molecule has 5 aromatic rings. The van der Waals surface area contributed by atoms with Crippen molar-refractivity contribution in [3.05, 3.63) is 84.9 Å². The SMILES string of the molecule is CCCCC(CC)COc1ccc(-c2ccc3[nH]c4ccc(-c5ccc(OC[C@H](CC)CCCC)cc5)cc4c3c2)cc1. The van der Waals surface area contributed by atoms with Crippen molar-refractivity contribution < 1.29 is 9.47 Å². The van der Waals surface area contributed by atoms with Crippen molar-refractivity contribution in [3.8, 4) is 33.8 Å². The molecule has 1 heterocycles. The number of aromatic nitrogens is 1. The van der Waals surface area contributed by atoms with E-state index in [1.165, 1.54) is 84.4 Å². The molecule has 4 aromatic carbocycles. The van der Waals surface area contributed by atoms with Crippen molar-refractivity contribution in [1.29, 1.82) is 0 Å². The van der Waals surface area contributed by atoms with Gasteiger partial charge in [-0.25, -0.2) is 0 Å². The second-order valence-electron chi connectivity index (χ2n) is 12.1. The zero-order chi connectivity index (χ0) is 30.0. The number of fused-ring (bicyclic) bond motifs is 3. The fourth-order valence-corrected chi connectivity index (χ4v) is 5.97. The summed E-state index contributed by atoms with van der Waals surface area (Å²) in [6.45, 7) is 10.6. The molecule has 0 fully saturated rings. The molecule has 1 aromatic heterocycles. The zero-order valence-electron chi connectivity index (χ0n) is 26.6. The summed E-state index contributed by atoms with van der Waals surface area (Å²) in [5.74, 6) is 3.17. The first-order valence-electron chi connectivity index (χ1n) is 16.6. The van der Waals surface area contributed by atoms with Gasteiger partial charge in [-0.3, -0.25) is 0 Å². The fraction of sp³-hybridized carbons (Fsp3) is 0.400. The van der Waals surface area contributed by atoms with Crippen LogP contribution in [0.2, 0.25) is 0 Å². The van der Waals surface area contributed by atoms with Crippen molar-refractivity contribution in [2.75, 3.05) is 13.2 Å². The van der Waals surface area contributed by atoms with Gasteiger partial charge >= 0.3 is 0 Å². The Morgan fingerprint density at radius 3 is 1.28 bits per heavy atom. The molecule has 5 rings (SSSR count). The molecular weight excluding hydrogens is 526 g/mol. The summed E-state index contributed by atoms with van der Waals surface area (Å²) >= 11 is 0. The summed E-state index contributed by atoms with van der Waals surface area (Å²) < 4.78 is 12.3. The molecule has 0 spiro atoms. The summed E-state index contributed by atoms with van der Waals surface area (Å²) in [6.07, 6.45) is 9.87. The maximum Gasteiger partial charge on any atom is 0.119 e. The summed E-state index contributed by atoms with van der Waals surface area (Å²) in [5.41, 5.74) is 7.15. The van der Waals surface area contributed by atoms with Crippen molar-refractivity contribution in [2.45, 2.75) is 79.1 Å². The molecule has 3 heteroatoms. The van der Waals surface area contributed by atoms with Crippen LogP contribution in [0, 0.1) is 11.8 Å². The maximum absolute atomic E-state index is 6.16. The molecule has 0 aliphatic heterocycles. The largest absolute Gasteiger partial charge is 0.493 e. The van der Waals surface area contributed by atoms with Crippen LogP contribution in [0.25, 0.3) is 44.1 Å². The lowest BCUT2D eigenvalue weighted by molar-refractivity contribution is 0.233. The molecule has 0 bridgehead atoms. The summed E-state index contributed by atoms with van der Waals surface area (Å²) in [4.78, 5) is 3.61. The number of ether oxygens (including phenoxy) is 2. The highest BCUT2D eigenvalue weighted by molar-refractivity contribution is 6.09. The number of benzene rings is 4. The standard InChI is InChI=1S/C40H49NO2/c1-5-9-11-29(7-3)27-42-35-19-13-31(14-20-35)33-17-23-39-37(25-33)38-26-34(18-24-40(38)41-39)32-15-21-36(22-16-32)43-28-30(8-4)12-10-6-2/h13-26,29-30,41H,5-12,27-28H2,1-4H3/t29-,30?/m1/s1. The predicted octanol–water partition coefficient (Wildman–Crippen LogP) is 11.8. The van der Waals surface area contributed by atoms with Crippen LogP contribution in [-0.2, 0) is 0 Å². The van der Waals surface area contributed by atoms with E-state index in [1.54, 1.807) is 0 Å². The van der Waals surface area contributed by atoms with Crippen LogP contribution in [0.4, 0.5) is 0 Å². The molecule has 226 valence electrons. The third-order valence-corrected chi connectivity index (χ3v) is 9.03. The highest BCUT2D eigenvalue weighted by Crippen LogP contribution is 2.34. The Labute approximate surface area is 258 Å². The van der Waals surface area contributed by atoms with Gasteiger partial charge in [0, 0.05) is 21.8 Å². The Kier molecular flexibility index (Phi) is 10.8. The quantitative estimate of drug-likeness (QED) is 0.127. The lowest BCUT2D eigenvalue weighted by Crippen LogP contribution is -2.11. The number of nitrogens with one attached hydrogen (secondary N) is 1. The van der Waals surface area contributed by atoms with E-state index in [9.17, 15) is 0 Å². The highest BCUT2D eigenvalue weighted by Gasteiger charge is 2.11. The van der Waals surface area contributed by atoms with Crippen molar-refractivity contribution >= 4 is 21.8 Å². The van der Waals surface area contributed by atoms with Crippen LogP contribution < -0.4 is 9.47 Å². The normalized spacial score (nSPS) is 12.9. The third-order valence-electron chi connectivity index (χ3n) is 9.03. The highest BCUT2D eigenvalue weighted by atomic mass is 16.5. The van der Waals surface area contributed by atoms with E-state index in [2.05, 4.69) is 118 Å². The van der Waals surface area contributed by atoms with E-state index in [4.69, 9.17) is 9.47 Å². The van der Waals surface area contributed by atoms with Crippen molar-refractivity contribution in [3.63, 3.8) is 0 Å². The van der Waals surface area contributed by atoms with Crippen LogP contribution in [-0.4, -0.2) is 18.2 Å². The molecule has 0 aliphatic rings. The van der Waals surface area contributed by atoms with E-state index in [1.807, 2.05) is 0 Å². The average Bonchev–Trinajstić information content (AvgIpc) is 3.43. The smallest absolute Gasteiger partial charge is 0.119 e. The first kappa shape index (κ1) is 30.7. The van der Waals surface area contributed by atoms with Gasteiger partial charge in [-0.1, -0.05) is 103 Å². The van der Waals surface area contributed by atoms with Crippen molar-refractivity contribution in [2.24, 2.45) is 11.8 Å². The Hall–Kier alpha value is -3.72. The molecule has 1 N–H and O–H groups in total. The van der Waals surface area contributed by atoms with Gasteiger partial charge in [-0.15, -0.1) is 0 Å². The third kappa shape index (κ3) is 7.82. The van der Waals surface area contributed by atoms with Crippen LogP contribution in [0.1, 0.15) is 79.1 Å². The minimum atomic E-state index is 0.633. The van der Waals surface area contributed by atoms with Crippen molar-refractivity contribution in [1.82, 2.24) is 4.98 Å². The fourth-order valence-electron chi connectivity index (χ4n) is 5.97. The Balaban J connectivity index is 1.30. The lowest BCUT2D eigenvalue weighted by Gasteiger charge is -2.15. The van der Waals surface area contributed by atoms with E-state index in [0.717, 1.165) is 35.7 Å². The number of rotatable bonds is 16. The molecule has 0 amide bonds. The number of hydrogen-bond acceptors (Lipinski definition) is 2. The molecule has 3 nitrogen and oxygen atoms in total. The zero-order valence-corrected chi connectivity index (χ0v) is 26.6. The molecule has 0 saturated heterocycles. The van der Waals surface area contributed by atoms with Gasteiger partial charge < -0.3 is 14.5 Å². The van der Waals surface area contributed by atoms with Crippen LogP contribution in [0.5, 0.6) is 11.5 Å². The van der Waals surface area contributed by atoms with Gasteiger partial charge in [0.05, 0.1) is 13.2 Å². The second-order valence-corrected chi connectivity index (χ2v) is 12.1. The van der Waals surface area contributed by atoms with Crippen LogP contribution in [0.15, 0.2) is 84.9 Å². The Morgan fingerprint density at radius 1 is 0.512 bits per heavy atom. The minimum Gasteiger partial charge on any atom is -0.493 e. The topological polar surface area (TPSA) is 34.2 Å². The van der Waals surface area contributed by atoms with Gasteiger partial charge in [-0.05, 0) is 95.5 Å². The maximum atomic E-state index is 6.16. The lowest BCUT2D eigenvalue weighted by atomic mass is 10.00. The minimum absolute atomic E-state index is 0.633. The Bertz CT molecular complexity index is 1450. The molecule has 1 unspecified atom stereocenters. The number of hydrogen-bond donors (Lipinski definition) is 1. The molecule has 2 atom stereocenters. The van der Waals surface area contributed by atoms with E-state index >= 15 is 0 Å². The summed E-state index contributed by atoms with van der Waals surface area (Å²) in [6, 6.07) is 30.6. The molecule has 0 radical (unpaired) electrons. The van der Waals surface area contributed by atoms with E-state index in [-0.39, 0.29) is 0 Å². The molecule has 0 saturated carbocycles. The monoisotopic (exact) mass is 575 g/mol. The van der Waals surface area contributed by atoms with E-state index < -0.39 is 0 Å². The molecule has 0 aliphatic carbocycles. The van der Waals surface area contributed by atoms with Gasteiger partial charge in [-0.2, -0.15) is 0 Å². The van der Waals surface area contributed by atoms with E-state index in [0.29, 0.717) is 11.8 Å². The van der Waals surface area contributed by atoms with Crippen LogP contribution >= 0.6 is 0 Å². The average molecular weight is 576 g/mol.